The van der Waals surface area contributed by atoms with Crippen molar-refractivity contribution < 1.29 is 26.7 Å². The van der Waals surface area contributed by atoms with Crippen LogP contribution in [0.15, 0.2) is 35.1 Å². The van der Waals surface area contributed by atoms with Gasteiger partial charge >= 0.3 is 6.18 Å². The normalized spacial score (nSPS) is 22.2. The molecule has 1 amide bonds. The minimum atomic E-state index is -4.71. The number of benzene rings is 1. The molecule has 2 atom stereocenters. The molecule has 1 aromatic carbocycles. The maximum Gasteiger partial charge on any atom is 0.419 e. The molecule has 0 radical (unpaired) electrons. The fourth-order valence-electron chi connectivity index (χ4n) is 4.34. The van der Waals surface area contributed by atoms with Crippen molar-refractivity contribution in [2.24, 2.45) is 4.99 Å². The lowest BCUT2D eigenvalue weighted by molar-refractivity contribution is -0.105. The largest absolute Gasteiger partial charge is 0.419 e. The number of nitrogens with one attached hydrogen (secondary N) is 4. The number of halogens is 5. The van der Waals surface area contributed by atoms with Crippen LogP contribution in [0.3, 0.4) is 0 Å². The zero-order valence-corrected chi connectivity index (χ0v) is 17.6. The molecule has 0 spiro atoms. The lowest BCUT2D eigenvalue weighted by Crippen LogP contribution is -2.52. The van der Waals surface area contributed by atoms with Gasteiger partial charge in [0.1, 0.15) is 0 Å². The molecule has 1 aromatic heterocycles. The van der Waals surface area contributed by atoms with Crippen LogP contribution in [-0.4, -0.2) is 60.7 Å². The van der Waals surface area contributed by atoms with Gasteiger partial charge in [0.05, 0.1) is 28.1 Å². The van der Waals surface area contributed by atoms with Crippen LogP contribution in [0, 0.1) is 0 Å². The summed E-state index contributed by atoms with van der Waals surface area (Å²) in [5, 5.41) is 8.23. The zero-order valence-electron chi connectivity index (χ0n) is 17.6. The molecule has 2 aliphatic rings. The average molecular weight is 470 g/mol. The predicted octanol–water partition coefficient (Wildman–Crippen LogP) is 3.48. The summed E-state index contributed by atoms with van der Waals surface area (Å²) < 4.78 is 68.9. The molecule has 2 unspecified atom stereocenters. The Morgan fingerprint density at radius 3 is 2.76 bits per heavy atom. The van der Waals surface area contributed by atoms with Gasteiger partial charge in [-0.2, -0.15) is 13.2 Å². The fraction of sp³-hybridized carbons (Fsp3) is 0.429. The van der Waals surface area contributed by atoms with E-state index in [1.807, 2.05) is 7.05 Å². The van der Waals surface area contributed by atoms with E-state index < -0.39 is 30.0 Å². The van der Waals surface area contributed by atoms with E-state index in [1.54, 1.807) is 0 Å². The van der Waals surface area contributed by atoms with Crippen LogP contribution in [0.5, 0.6) is 0 Å². The Morgan fingerprint density at radius 2 is 2.09 bits per heavy atom. The summed E-state index contributed by atoms with van der Waals surface area (Å²) in [6.45, 7) is 1.68. The Hall–Kier alpha value is -2.99. The van der Waals surface area contributed by atoms with Gasteiger partial charge in [0.15, 0.2) is 6.29 Å². The second kappa shape index (κ2) is 9.10. The van der Waals surface area contributed by atoms with Crippen LogP contribution in [-0.2, 0) is 4.79 Å². The molecule has 178 valence electrons. The van der Waals surface area contributed by atoms with Gasteiger partial charge in [-0.3, -0.25) is 10.1 Å². The molecule has 2 aromatic rings. The first-order valence-electron chi connectivity index (χ1n) is 10.4. The minimum Gasteiger partial charge on any atom is -0.360 e. The number of alkyl halides is 5. The van der Waals surface area contributed by atoms with Gasteiger partial charge in [-0.25, -0.2) is 13.8 Å². The van der Waals surface area contributed by atoms with Gasteiger partial charge in [0, 0.05) is 35.9 Å². The summed E-state index contributed by atoms with van der Waals surface area (Å²) >= 11 is 0. The van der Waals surface area contributed by atoms with E-state index in [2.05, 4.69) is 30.8 Å². The number of likely N-dealkylation sites (tertiary alicyclic amines) is 1. The van der Waals surface area contributed by atoms with Crippen LogP contribution < -0.4 is 16.0 Å². The Balaban J connectivity index is 1.75. The van der Waals surface area contributed by atoms with Gasteiger partial charge in [0.25, 0.3) is 6.43 Å². The van der Waals surface area contributed by atoms with E-state index >= 15 is 0 Å². The van der Waals surface area contributed by atoms with E-state index in [0.29, 0.717) is 0 Å². The number of amides is 1. The molecule has 3 heterocycles. The van der Waals surface area contributed by atoms with Gasteiger partial charge in [0.2, 0.25) is 6.41 Å². The average Bonchev–Trinajstić information content (AvgIpc) is 3.16. The molecule has 0 aliphatic carbocycles. The number of aliphatic imine (C=N–C) groups is 1. The van der Waals surface area contributed by atoms with Crippen molar-refractivity contribution in [1.82, 2.24) is 20.5 Å². The fourth-order valence-corrected chi connectivity index (χ4v) is 4.34. The SMILES string of the molecule is CN1CCCC(NC2N=C(c3c[nH]c4c(C(F)F)c(NC=O)ccc34)C(C(F)(F)F)=CN2)C1. The van der Waals surface area contributed by atoms with Crippen LogP contribution in [0.2, 0.25) is 0 Å². The topological polar surface area (TPSA) is 84.6 Å². The van der Waals surface area contributed by atoms with Crippen LogP contribution in [0.4, 0.5) is 27.6 Å². The summed E-state index contributed by atoms with van der Waals surface area (Å²) in [6, 6.07) is 2.66. The number of hydrogen-bond acceptors (Lipinski definition) is 5. The van der Waals surface area contributed by atoms with E-state index in [4.69, 9.17) is 0 Å². The first kappa shape index (κ1) is 23.2. The van der Waals surface area contributed by atoms with Crippen molar-refractivity contribution in [3.63, 3.8) is 0 Å². The van der Waals surface area contributed by atoms with E-state index in [9.17, 15) is 26.7 Å². The van der Waals surface area contributed by atoms with E-state index in [-0.39, 0.29) is 40.3 Å². The highest BCUT2D eigenvalue weighted by Gasteiger charge is 2.40. The number of aromatic nitrogens is 1. The van der Waals surface area contributed by atoms with Crippen LogP contribution >= 0.6 is 0 Å². The minimum absolute atomic E-state index is 0.0393. The van der Waals surface area contributed by atoms with Crippen LogP contribution in [0.1, 0.15) is 30.4 Å². The Morgan fingerprint density at radius 1 is 1.30 bits per heavy atom. The number of likely N-dealkylation sites (N-methyl/N-ethyl adjacent to an activating group) is 1. The molecule has 1 fully saturated rings. The number of aromatic amines is 1. The lowest BCUT2D eigenvalue weighted by Gasteiger charge is -2.33. The molecular formula is C21H23F5N6O. The predicted molar refractivity (Wildman–Crippen MR) is 114 cm³/mol. The number of hydrogen-bond donors (Lipinski definition) is 4. The molecule has 2 aliphatic heterocycles. The Labute approximate surface area is 186 Å². The monoisotopic (exact) mass is 470 g/mol. The van der Waals surface area contributed by atoms with Gasteiger partial charge < -0.3 is 20.5 Å². The maximum absolute atomic E-state index is 13.8. The van der Waals surface area contributed by atoms with Crippen molar-refractivity contribution in [1.29, 1.82) is 0 Å². The number of carbonyl (C=O) groups is 1. The number of H-pyrrole nitrogens is 1. The highest BCUT2D eigenvalue weighted by molar-refractivity contribution is 6.20. The molecule has 4 rings (SSSR count). The van der Waals surface area contributed by atoms with Gasteiger partial charge in [-0.15, -0.1) is 0 Å². The molecule has 7 nitrogen and oxygen atoms in total. The van der Waals surface area contributed by atoms with Crippen molar-refractivity contribution in [2.45, 2.75) is 37.8 Å². The number of carbonyl (C=O) groups excluding carboxylic acids is 1. The third-order valence-electron chi connectivity index (χ3n) is 5.81. The first-order chi connectivity index (χ1) is 15.7. The van der Waals surface area contributed by atoms with Crippen molar-refractivity contribution in [3.05, 3.63) is 41.2 Å². The third-order valence-corrected chi connectivity index (χ3v) is 5.81. The number of allylic oxidation sites excluding steroid dienone is 1. The van der Waals surface area contributed by atoms with Crippen molar-refractivity contribution in [3.8, 4) is 0 Å². The van der Waals surface area contributed by atoms with Crippen molar-refractivity contribution >= 4 is 28.7 Å². The third kappa shape index (κ3) is 4.71. The summed E-state index contributed by atoms with van der Waals surface area (Å²) in [5.41, 5.74) is -2.00. The number of nitrogens with zero attached hydrogens (tertiary/aromatic N) is 2. The Bertz CT molecular complexity index is 1090. The molecule has 1 saturated heterocycles. The number of piperidine rings is 1. The summed E-state index contributed by atoms with van der Waals surface area (Å²) in [4.78, 5) is 19.8. The Kier molecular flexibility index (Phi) is 6.39. The van der Waals surface area contributed by atoms with Gasteiger partial charge in [-0.05, 0) is 32.5 Å². The molecule has 33 heavy (non-hydrogen) atoms. The van der Waals surface area contributed by atoms with Crippen molar-refractivity contribution in [2.75, 3.05) is 25.5 Å². The van der Waals surface area contributed by atoms with E-state index in [1.165, 1.54) is 18.3 Å². The summed E-state index contributed by atoms with van der Waals surface area (Å²) in [7, 11) is 1.97. The first-order valence-corrected chi connectivity index (χ1v) is 10.4. The second-order valence-electron chi connectivity index (χ2n) is 8.09. The second-order valence-corrected chi connectivity index (χ2v) is 8.09. The van der Waals surface area contributed by atoms with E-state index in [0.717, 1.165) is 32.1 Å². The standard InChI is InChI=1S/C21H23F5N6O/c1-32-6-2-3-11(9-32)30-20-28-8-14(21(24,25)26)17(31-20)13-7-27-18-12(13)4-5-15(29-10-33)16(18)19(22)23/h4-5,7-8,10-11,19-20,27-28,30H,2-3,6,9H2,1H3,(H,29,33). The number of rotatable bonds is 6. The summed E-state index contributed by atoms with van der Waals surface area (Å²) in [6.07, 6.45) is -4.31. The molecule has 4 N–H and O–H groups in total. The zero-order chi connectivity index (χ0) is 23.8. The highest BCUT2D eigenvalue weighted by Crippen LogP contribution is 2.38. The highest BCUT2D eigenvalue weighted by atomic mass is 19.4. The smallest absolute Gasteiger partial charge is 0.360 e. The number of anilines is 1. The molecular weight excluding hydrogens is 447 g/mol. The maximum atomic E-state index is 13.8. The summed E-state index contributed by atoms with van der Waals surface area (Å²) in [5.74, 6) is 0. The molecule has 12 heteroatoms. The molecule has 0 bridgehead atoms. The molecule has 0 saturated carbocycles. The number of fused-ring (bicyclic) bond motifs is 1. The quantitative estimate of drug-likeness (QED) is 0.385. The van der Waals surface area contributed by atoms with Gasteiger partial charge in [-0.1, -0.05) is 6.07 Å². The van der Waals surface area contributed by atoms with Crippen LogP contribution in [0.25, 0.3) is 10.9 Å². The lowest BCUT2D eigenvalue weighted by atomic mass is 9.99.